The molecule has 8 heteroatoms. The summed E-state index contributed by atoms with van der Waals surface area (Å²) in [6.45, 7) is 2.93. The molecule has 7 nitrogen and oxygen atoms in total. The summed E-state index contributed by atoms with van der Waals surface area (Å²) < 4.78 is 33.1. The SMILES string of the molecule is Cc1cc(C(=O)OCC(=O)N(C)C2CCS(=O)(=O)C2)c(C)o1. The average molecular weight is 329 g/mol. The number of aryl methyl sites for hydroxylation is 2. The molecule has 1 saturated heterocycles. The van der Waals surface area contributed by atoms with E-state index in [1.165, 1.54) is 11.9 Å². The fourth-order valence-electron chi connectivity index (χ4n) is 2.42. The predicted octanol–water partition coefficient (Wildman–Crippen LogP) is 0.699. The van der Waals surface area contributed by atoms with Crippen LogP contribution in [0.4, 0.5) is 0 Å². The molecule has 0 aliphatic carbocycles. The Hall–Kier alpha value is -1.83. The summed E-state index contributed by atoms with van der Waals surface area (Å²) >= 11 is 0. The Kier molecular flexibility index (Phi) is 4.60. The Balaban J connectivity index is 1.90. The normalized spacial score (nSPS) is 19.9. The van der Waals surface area contributed by atoms with Crippen LogP contribution in [0.3, 0.4) is 0 Å². The Morgan fingerprint density at radius 1 is 1.41 bits per heavy atom. The van der Waals surface area contributed by atoms with E-state index >= 15 is 0 Å². The number of esters is 1. The van der Waals surface area contributed by atoms with Crippen LogP contribution in [0.2, 0.25) is 0 Å². The third-order valence-electron chi connectivity index (χ3n) is 3.74. The summed E-state index contributed by atoms with van der Waals surface area (Å²) in [5.41, 5.74) is 0.288. The Morgan fingerprint density at radius 2 is 2.09 bits per heavy atom. The first-order valence-corrected chi connectivity index (χ1v) is 8.72. The Labute approximate surface area is 129 Å². The smallest absolute Gasteiger partial charge is 0.342 e. The van der Waals surface area contributed by atoms with Crippen molar-refractivity contribution in [3.05, 3.63) is 23.2 Å². The highest BCUT2D eigenvalue weighted by Gasteiger charge is 2.33. The van der Waals surface area contributed by atoms with Gasteiger partial charge in [-0.1, -0.05) is 0 Å². The lowest BCUT2D eigenvalue weighted by molar-refractivity contribution is -0.134. The van der Waals surface area contributed by atoms with Crippen LogP contribution in [-0.4, -0.2) is 56.4 Å². The second kappa shape index (κ2) is 6.12. The minimum Gasteiger partial charge on any atom is -0.466 e. The summed E-state index contributed by atoms with van der Waals surface area (Å²) in [4.78, 5) is 25.2. The number of carbonyl (C=O) groups is 2. The van der Waals surface area contributed by atoms with Crippen molar-refractivity contribution >= 4 is 21.7 Å². The van der Waals surface area contributed by atoms with Crippen molar-refractivity contribution < 1.29 is 27.2 Å². The van der Waals surface area contributed by atoms with Crippen molar-refractivity contribution in [3.63, 3.8) is 0 Å². The van der Waals surface area contributed by atoms with Crippen molar-refractivity contribution in [2.24, 2.45) is 0 Å². The van der Waals surface area contributed by atoms with Crippen molar-refractivity contribution in [1.29, 1.82) is 0 Å². The van der Waals surface area contributed by atoms with E-state index in [1.807, 2.05) is 0 Å². The minimum atomic E-state index is -3.07. The summed E-state index contributed by atoms with van der Waals surface area (Å²) in [7, 11) is -1.54. The van der Waals surface area contributed by atoms with Gasteiger partial charge in [0.1, 0.15) is 17.1 Å². The zero-order valence-corrected chi connectivity index (χ0v) is 13.6. The minimum absolute atomic E-state index is 0.0385. The van der Waals surface area contributed by atoms with Crippen LogP contribution in [0.5, 0.6) is 0 Å². The van der Waals surface area contributed by atoms with Crippen molar-refractivity contribution in [1.82, 2.24) is 4.90 Å². The molecule has 122 valence electrons. The first-order valence-electron chi connectivity index (χ1n) is 6.90. The van der Waals surface area contributed by atoms with E-state index in [0.29, 0.717) is 17.9 Å². The molecule has 0 spiro atoms. The quantitative estimate of drug-likeness (QED) is 0.755. The molecule has 1 amide bonds. The molecular weight excluding hydrogens is 310 g/mol. The van der Waals surface area contributed by atoms with E-state index in [-0.39, 0.29) is 23.1 Å². The summed E-state index contributed by atoms with van der Waals surface area (Å²) in [5, 5.41) is 0. The van der Waals surface area contributed by atoms with E-state index in [9.17, 15) is 18.0 Å². The monoisotopic (exact) mass is 329 g/mol. The molecular formula is C14H19NO6S. The number of ether oxygens (including phenoxy) is 1. The van der Waals surface area contributed by atoms with Gasteiger partial charge in [0.25, 0.3) is 5.91 Å². The number of carbonyl (C=O) groups excluding carboxylic acids is 2. The largest absolute Gasteiger partial charge is 0.466 e. The summed E-state index contributed by atoms with van der Waals surface area (Å²) in [6.07, 6.45) is 0.415. The lowest BCUT2D eigenvalue weighted by Gasteiger charge is -2.23. The molecule has 1 fully saturated rings. The highest BCUT2D eigenvalue weighted by Crippen LogP contribution is 2.17. The van der Waals surface area contributed by atoms with E-state index in [2.05, 4.69) is 0 Å². The zero-order valence-electron chi connectivity index (χ0n) is 12.8. The van der Waals surface area contributed by atoms with Crippen LogP contribution in [0, 0.1) is 13.8 Å². The highest BCUT2D eigenvalue weighted by molar-refractivity contribution is 7.91. The van der Waals surface area contributed by atoms with Gasteiger partial charge in [-0.05, 0) is 26.3 Å². The summed E-state index contributed by atoms with van der Waals surface area (Å²) in [6, 6.07) is 1.20. The maximum atomic E-state index is 12.0. The number of furan rings is 1. The zero-order chi connectivity index (χ0) is 16.5. The molecule has 0 radical (unpaired) electrons. The van der Waals surface area contributed by atoms with Crippen LogP contribution in [0.15, 0.2) is 10.5 Å². The Morgan fingerprint density at radius 3 is 2.59 bits per heavy atom. The van der Waals surface area contributed by atoms with Gasteiger partial charge in [-0.2, -0.15) is 0 Å². The topological polar surface area (TPSA) is 93.9 Å². The number of amides is 1. The lowest BCUT2D eigenvalue weighted by Crippen LogP contribution is -2.40. The van der Waals surface area contributed by atoms with Gasteiger partial charge in [0, 0.05) is 13.1 Å². The number of nitrogens with zero attached hydrogens (tertiary/aromatic N) is 1. The van der Waals surface area contributed by atoms with Crippen LogP contribution in [-0.2, 0) is 19.4 Å². The summed E-state index contributed by atoms with van der Waals surface area (Å²) in [5.74, 6) is 0.0175. The highest BCUT2D eigenvalue weighted by atomic mass is 32.2. The van der Waals surface area contributed by atoms with Crippen LogP contribution in [0.1, 0.15) is 28.3 Å². The average Bonchev–Trinajstić information content (AvgIpc) is 2.96. The molecule has 1 aromatic heterocycles. The Bertz CT molecular complexity index is 690. The van der Waals surface area contributed by atoms with Crippen LogP contribution in [0.25, 0.3) is 0 Å². The number of hydrogen-bond donors (Lipinski definition) is 0. The van der Waals surface area contributed by atoms with Gasteiger partial charge in [-0.3, -0.25) is 4.79 Å². The van der Waals surface area contributed by atoms with E-state index in [4.69, 9.17) is 9.15 Å². The third kappa shape index (κ3) is 3.68. The van der Waals surface area contributed by atoms with Crippen molar-refractivity contribution in [2.45, 2.75) is 26.3 Å². The van der Waals surface area contributed by atoms with Crippen LogP contribution >= 0.6 is 0 Å². The van der Waals surface area contributed by atoms with E-state index in [1.54, 1.807) is 19.9 Å². The van der Waals surface area contributed by atoms with Gasteiger partial charge < -0.3 is 14.1 Å². The molecule has 22 heavy (non-hydrogen) atoms. The maximum absolute atomic E-state index is 12.0. The molecule has 1 aliphatic heterocycles. The second-order valence-corrected chi connectivity index (χ2v) is 7.69. The molecule has 0 bridgehead atoms. The first kappa shape index (κ1) is 16.5. The van der Waals surface area contributed by atoms with Gasteiger partial charge in [0.15, 0.2) is 16.4 Å². The standard InChI is InChI=1S/C14H19NO6S/c1-9-6-12(10(2)21-9)14(17)20-7-13(16)15(3)11-4-5-22(18,19)8-11/h6,11H,4-5,7-8H2,1-3H3. The van der Waals surface area contributed by atoms with Crippen LogP contribution < -0.4 is 0 Å². The molecule has 0 saturated carbocycles. The molecule has 1 aliphatic rings. The number of hydrogen-bond acceptors (Lipinski definition) is 6. The lowest BCUT2D eigenvalue weighted by atomic mass is 10.2. The third-order valence-corrected chi connectivity index (χ3v) is 5.49. The molecule has 2 rings (SSSR count). The molecule has 1 unspecified atom stereocenters. The second-order valence-electron chi connectivity index (χ2n) is 5.46. The molecule has 2 heterocycles. The molecule has 0 N–H and O–H groups in total. The first-order chi connectivity index (χ1) is 10.2. The van der Waals surface area contributed by atoms with E-state index < -0.39 is 28.3 Å². The predicted molar refractivity (Wildman–Crippen MR) is 78.3 cm³/mol. The van der Waals surface area contributed by atoms with Crippen molar-refractivity contribution in [2.75, 3.05) is 25.2 Å². The van der Waals surface area contributed by atoms with Gasteiger partial charge in [0.05, 0.1) is 11.5 Å². The molecule has 0 aromatic carbocycles. The maximum Gasteiger partial charge on any atom is 0.342 e. The fraction of sp³-hybridized carbons (Fsp3) is 0.571. The van der Waals surface area contributed by atoms with Gasteiger partial charge >= 0.3 is 5.97 Å². The van der Waals surface area contributed by atoms with Gasteiger partial charge in [-0.25, -0.2) is 13.2 Å². The molecule has 1 atom stereocenters. The number of sulfone groups is 1. The number of likely N-dealkylation sites (N-methyl/N-ethyl adjacent to an activating group) is 1. The fourth-order valence-corrected chi connectivity index (χ4v) is 4.20. The molecule has 1 aromatic rings. The van der Waals surface area contributed by atoms with Gasteiger partial charge in [-0.15, -0.1) is 0 Å². The van der Waals surface area contributed by atoms with Crippen molar-refractivity contribution in [3.8, 4) is 0 Å². The van der Waals surface area contributed by atoms with E-state index in [0.717, 1.165) is 0 Å². The van der Waals surface area contributed by atoms with Gasteiger partial charge in [0.2, 0.25) is 0 Å². The number of rotatable bonds is 4.